The molecule has 0 saturated carbocycles. The first kappa shape index (κ1) is 15.8. The Hall–Kier alpha value is -1.59. The van der Waals surface area contributed by atoms with Crippen molar-refractivity contribution >= 4 is 5.91 Å². The Morgan fingerprint density at radius 2 is 2.05 bits per heavy atom. The molecule has 0 atom stereocenters. The molecule has 21 heavy (non-hydrogen) atoms. The Kier molecular flexibility index (Phi) is 5.59. The van der Waals surface area contributed by atoms with Gasteiger partial charge in [-0.3, -0.25) is 9.69 Å². The van der Waals surface area contributed by atoms with Gasteiger partial charge in [-0.1, -0.05) is 6.07 Å². The van der Waals surface area contributed by atoms with Gasteiger partial charge in [-0.05, 0) is 31.0 Å². The number of carbonyl (C=O) groups is 1. The second-order valence-corrected chi connectivity index (χ2v) is 5.37. The van der Waals surface area contributed by atoms with E-state index in [4.69, 9.17) is 9.47 Å². The third-order valence-electron chi connectivity index (χ3n) is 3.69. The molecule has 1 heterocycles. The number of carbonyl (C=O) groups excluding carboxylic acids is 1. The number of amides is 1. The fraction of sp³-hybridized carbons (Fsp3) is 0.562. The first-order valence-electron chi connectivity index (χ1n) is 7.35. The van der Waals surface area contributed by atoms with Gasteiger partial charge in [-0.2, -0.15) is 0 Å². The summed E-state index contributed by atoms with van der Waals surface area (Å²) in [5.74, 6) is 0.580. The lowest BCUT2D eigenvalue weighted by atomic mass is 10.0. The third kappa shape index (κ3) is 4.19. The molecule has 1 saturated heterocycles. The van der Waals surface area contributed by atoms with Gasteiger partial charge in [-0.25, -0.2) is 0 Å². The molecule has 116 valence electrons. The number of morpholine rings is 1. The van der Waals surface area contributed by atoms with Crippen molar-refractivity contribution in [1.82, 2.24) is 10.2 Å². The van der Waals surface area contributed by atoms with E-state index in [2.05, 4.69) is 10.2 Å². The van der Waals surface area contributed by atoms with Crippen molar-refractivity contribution in [3.63, 3.8) is 0 Å². The summed E-state index contributed by atoms with van der Waals surface area (Å²) in [6.45, 7) is 8.84. The van der Waals surface area contributed by atoms with Gasteiger partial charge in [0.25, 0.3) is 5.91 Å². The normalized spacial score (nSPS) is 15.8. The number of rotatable bonds is 5. The molecule has 1 fully saturated rings. The molecule has 1 aromatic rings. The molecule has 5 heteroatoms. The van der Waals surface area contributed by atoms with Crippen LogP contribution >= 0.6 is 0 Å². The lowest BCUT2D eigenvalue weighted by Crippen LogP contribution is -2.41. The summed E-state index contributed by atoms with van der Waals surface area (Å²) in [7, 11) is 1.60. The summed E-state index contributed by atoms with van der Waals surface area (Å²) in [4.78, 5) is 14.6. The molecule has 1 N–H and O–H groups in total. The zero-order chi connectivity index (χ0) is 15.2. The Morgan fingerprint density at radius 3 is 2.71 bits per heavy atom. The largest absolute Gasteiger partial charge is 0.496 e. The summed E-state index contributed by atoms with van der Waals surface area (Å²) < 4.78 is 10.7. The number of nitrogens with zero attached hydrogens (tertiary/aromatic N) is 1. The van der Waals surface area contributed by atoms with Crippen LogP contribution in [0, 0.1) is 13.8 Å². The van der Waals surface area contributed by atoms with Crippen molar-refractivity contribution in [1.29, 1.82) is 0 Å². The maximum absolute atomic E-state index is 12.3. The van der Waals surface area contributed by atoms with Gasteiger partial charge in [0, 0.05) is 26.2 Å². The smallest absolute Gasteiger partial charge is 0.255 e. The summed E-state index contributed by atoms with van der Waals surface area (Å²) in [6, 6.07) is 3.89. The van der Waals surface area contributed by atoms with Crippen molar-refractivity contribution in [2.75, 3.05) is 46.5 Å². The third-order valence-corrected chi connectivity index (χ3v) is 3.69. The van der Waals surface area contributed by atoms with Crippen LogP contribution in [0.1, 0.15) is 21.5 Å². The zero-order valence-corrected chi connectivity index (χ0v) is 13.1. The van der Waals surface area contributed by atoms with E-state index in [1.807, 2.05) is 26.0 Å². The fourth-order valence-electron chi connectivity index (χ4n) is 2.64. The van der Waals surface area contributed by atoms with Gasteiger partial charge < -0.3 is 14.8 Å². The van der Waals surface area contributed by atoms with E-state index in [9.17, 15) is 4.79 Å². The molecule has 0 radical (unpaired) electrons. The van der Waals surface area contributed by atoms with E-state index in [0.717, 1.165) is 44.0 Å². The zero-order valence-electron chi connectivity index (χ0n) is 13.1. The van der Waals surface area contributed by atoms with E-state index >= 15 is 0 Å². The van der Waals surface area contributed by atoms with Crippen molar-refractivity contribution < 1.29 is 14.3 Å². The predicted molar refractivity (Wildman–Crippen MR) is 82.1 cm³/mol. The fourth-order valence-corrected chi connectivity index (χ4v) is 2.64. The number of nitrogens with one attached hydrogen (secondary N) is 1. The van der Waals surface area contributed by atoms with Gasteiger partial charge in [0.15, 0.2) is 0 Å². The molecule has 1 aromatic carbocycles. The van der Waals surface area contributed by atoms with Crippen LogP contribution in [-0.2, 0) is 4.74 Å². The summed E-state index contributed by atoms with van der Waals surface area (Å²) in [5, 5.41) is 2.97. The molecule has 0 unspecified atom stereocenters. The molecular formula is C16H24N2O3. The van der Waals surface area contributed by atoms with Crippen LogP contribution in [-0.4, -0.2) is 57.3 Å². The molecule has 1 aliphatic rings. The van der Waals surface area contributed by atoms with Gasteiger partial charge in [0.2, 0.25) is 0 Å². The van der Waals surface area contributed by atoms with E-state index in [1.165, 1.54) is 0 Å². The number of hydrogen-bond donors (Lipinski definition) is 1. The number of ether oxygens (including phenoxy) is 2. The molecular weight excluding hydrogens is 268 g/mol. The Bertz CT molecular complexity index is 497. The standard InChI is InChI=1S/C16H24N2O3/c1-12-10-13(2)15(20-3)14(11-12)16(19)17-4-5-18-6-8-21-9-7-18/h10-11H,4-9H2,1-3H3,(H,17,19). The number of aryl methyl sites for hydroxylation is 2. The van der Waals surface area contributed by atoms with Gasteiger partial charge >= 0.3 is 0 Å². The van der Waals surface area contributed by atoms with Crippen molar-refractivity contribution in [2.45, 2.75) is 13.8 Å². The Balaban J connectivity index is 1.93. The number of hydrogen-bond acceptors (Lipinski definition) is 4. The average Bonchev–Trinajstić information content (AvgIpc) is 2.47. The Morgan fingerprint density at radius 1 is 1.33 bits per heavy atom. The molecule has 2 rings (SSSR count). The molecule has 1 aliphatic heterocycles. The molecule has 0 spiro atoms. The molecule has 5 nitrogen and oxygen atoms in total. The quantitative estimate of drug-likeness (QED) is 0.890. The van der Waals surface area contributed by atoms with Crippen LogP contribution in [0.2, 0.25) is 0 Å². The van der Waals surface area contributed by atoms with E-state index in [-0.39, 0.29) is 5.91 Å². The summed E-state index contributed by atoms with van der Waals surface area (Å²) in [5.41, 5.74) is 2.65. The predicted octanol–water partition coefficient (Wildman–Crippen LogP) is 1.37. The second-order valence-electron chi connectivity index (χ2n) is 5.37. The minimum Gasteiger partial charge on any atom is -0.496 e. The minimum absolute atomic E-state index is 0.0769. The first-order valence-corrected chi connectivity index (χ1v) is 7.35. The monoisotopic (exact) mass is 292 g/mol. The minimum atomic E-state index is -0.0769. The van der Waals surface area contributed by atoms with Gasteiger partial charge in [0.1, 0.15) is 5.75 Å². The first-order chi connectivity index (χ1) is 10.1. The second kappa shape index (κ2) is 7.43. The highest BCUT2D eigenvalue weighted by Gasteiger charge is 2.15. The lowest BCUT2D eigenvalue weighted by Gasteiger charge is -2.26. The van der Waals surface area contributed by atoms with Crippen LogP contribution in [0.15, 0.2) is 12.1 Å². The Labute approximate surface area is 126 Å². The number of methoxy groups -OCH3 is 1. The maximum atomic E-state index is 12.3. The van der Waals surface area contributed by atoms with Crippen LogP contribution < -0.4 is 10.1 Å². The lowest BCUT2D eigenvalue weighted by molar-refractivity contribution is 0.0383. The van der Waals surface area contributed by atoms with E-state index in [0.29, 0.717) is 17.9 Å². The topological polar surface area (TPSA) is 50.8 Å². The van der Waals surface area contributed by atoms with Crippen LogP contribution in [0.25, 0.3) is 0 Å². The summed E-state index contributed by atoms with van der Waals surface area (Å²) in [6.07, 6.45) is 0. The molecule has 0 aromatic heterocycles. The SMILES string of the molecule is COc1c(C)cc(C)cc1C(=O)NCCN1CCOCC1. The van der Waals surface area contributed by atoms with Crippen LogP contribution in [0.3, 0.4) is 0 Å². The highest BCUT2D eigenvalue weighted by Crippen LogP contribution is 2.24. The van der Waals surface area contributed by atoms with Gasteiger partial charge in [-0.15, -0.1) is 0 Å². The van der Waals surface area contributed by atoms with E-state index < -0.39 is 0 Å². The van der Waals surface area contributed by atoms with Gasteiger partial charge in [0.05, 0.1) is 25.9 Å². The van der Waals surface area contributed by atoms with Crippen molar-refractivity contribution in [3.05, 3.63) is 28.8 Å². The van der Waals surface area contributed by atoms with Crippen molar-refractivity contribution in [3.8, 4) is 5.75 Å². The van der Waals surface area contributed by atoms with Crippen LogP contribution in [0.4, 0.5) is 0 Å². The molecule has 1 amide bonds. The van der Waals surface area contributed by atoms with Crippen molar-refractivity contribution in [2.24, 2.45) is 0 Å². The van der Waals surface area contributed by atoms with Crippen LogP contribution in [0.5, 0.6) is 5.75 Å². The summed E-state index contributed by atoms with van der Waals surface area (Å²) >= 11 is 0. The number of benzene rings is 1. The molecule has 0 bridgehead atoms. The maximum Gasteiger partial charge on any atom is 0.255 e. The highest BCUT2D eigenvalue weighted by atomic mass is 16.5. The average molecular weight is 292 g/mol. The highest BCUT2D eigenvalue weighted by molar-refractivity contribution is 5.97. The molecule has 0 aliphatic carbocycles. The van der Waals surface area contributed by atoms with E-state index in [1.54, 1.807) is 7.11 Å².